The molecular weight excluding hydrogens is 392 g/mol. The number of likely N-dealkylation sites (tertiary alicyclic amines) is 1. The van der Waals surface area contributed by atoms with Crippen LogP contribution in [-0.4, -0.2) is 54.0 Å². The number of benzene rings is 1. The molecule has 8 nitrogen and oxygen atoms in total. The molecule has 2 aliphatic heterocycles. The van der Waals surface area contributed by atoms with Crippen LogP contribution < -0.4 is 15.8 Å². The summed E-state index contributed by atoms with van der Waals surface area (Å²) in [5.74, 6) is 1.21. The number of hydrogen-bond acceptors (Lipinski definition) is 8. The van der Waals surface area contributed by atoms with Crippen molar-refractivity contribution in [2.75, 3.05) is 44.0 Å². The Morgan fingerprint density at radius 1 is 1.13 bits per heavy atom. The lowest BCUT2D eigenvalue weighted by atomic mass is 10.0. The summed E-state index contributed by atoms with van der Waals surface area (Å²) in [5, 5.41) is 11.0. The summed E-state index contributed by atoms with van der Waals surface area (Å²) in [6, 6.07) is 8.89. The van der Waals surface area contributed by atoms with Gasteiger partial charge in [-0.2, -0.15) is 9.97 Å². The van der Waals surface area contributed by atoms with Gasteiger partial charge in [0.2, 0.25) is 0 Å². The first-order valence-electron chi connectivity index (χ1n) is 11.1. The Hall–Kier alpha value is -2.71. The summed E-state index contributed by atoms with van der Waals surface area (Å²) in [4.78, 5) is 11.2. The number of hydrogen-bond donors (Lipinski definition) is 3. The SMILES string of the molecule is N=Cc1c(N)nc(OCC2CCOCC2)nc1NCc1ccc(CN2CCCC2)cc1. The molecule has 0 atom stereocenters. The van der Waals surface area contributed by atoms with Crippen LogP contribution in [-0.2, 0) is 17.8 Å². The van der Waals surface area contributed by atoms with E-state index in [1.54, 1.807) is 0 Å². The number of rotatable bonds is 9. The maximum Gasteiger partial charge on any atom is 0.320 e. The molecule has 4 N–H and O–H groups in total. The first-order valence-corrected chi connectivity index (χ1v) is 11.1. The van der Waals surface area contributed by atoms with Crippen molar-refractivity contribution in [3.63, 3.8) is 0 Å². The van der Waals surface area contributed by atoms with Crippen LogP contribution in [0.4, 0.5) is 11.6 Å². The summed E-state index contributed by atoms with van der Waals surface area (Å²) in [6.45, 7) is 6.08. The maximum absolute atomic E-state index is 7.69. The van der Waals surface area contributed by atoms with Gasteiger partial charge in [-0.05, 0) is 55.8 Å². The average Bonchev–Trinajstić information content (AvgIpc) is 3.31. The highest BCUT2D eigenvalue weighted by atomic mass is 16.5. The molecule has 0 saturated carbocycles. The molecule has 1 aromatic carbocycles. The van der Waals surface area contributed by atoms with Gasteiger partial charge in [-0.25, -0.2) is 0 Å². The van der Waals surface area contributed by atoms with Crippen LogP contribution in [0.2, 0.25) is 0 Å². The first kappa shape index (κ1) is 21.5. The quantitative estimate of drug-likeness (QED) is 0.531. The molecule has 3 heterocycles. The molecule has 2 aromatic rings. The van der Waals surface area contributed by atoms with Crippen molar-refractivity contribution in [3.8, 4) is 6.01 Å². The first-order chi connectivity index (χ1) is 15.2. The second kappa shape index (κ2) is 10.5. The van der Waals surface area contributed by atoms with E-state index >= 15 is 0 Å². The van der Waals surface area contributed by atoms with Crippen LogP contribution >= 0.6 is 0 Å². The molecule has 0 spiro atoms. The van der Waals surface area contributed by atoms with Gasteiger partial charge in [0.1, 0.15) is 11.6 Å². The zero-order valence-corrected chi connectivity index (χ0v) is 18.0. The van der Waals surface area contributed by atoms with Gasteiger partial charge in [-0.15, -0.1) is 0 Å². The third-order valence-corrected chi connectivity index (χ3v) is 5.98. The second-order valence-corrected chi connectivity index (χ2v) is 8.32. The molecule has 2 aliphatic rings. The third kappa shape index (κ3) is 5.92. The van der Waals surface area contributed by atoms with E-state index in [4.69, 9.17) is 20.6 Å². The zero-order chi connectivity index (χ0) is 21.5. The average molecular weight is 425 g/mol. The summed E-state index contributed by atoms with van der Waals surface area (Å²) in [7, 11) is 0. The fourth-order valence-corrected chi connectivity index (χ4v) is 4.06. The minimum atomic E-state index is 0.246. The molecule has 0 radical (unpaired) electrons. The standard InChI is InChI=1S/C23H32N6O2/c24-13-20-21(25)27-23(31-16-19-7-11-30-12-8-19)28-22(20)26-14-17-3-5-18(6-4-17)15-29-9-1-2-10-29/h3-6,13,19,24H,1-2,7-12,14-16H2,(H3,25,26,27,28). The fourth-order valence-electron chi connectivity index (χ4n) is 4.06. The molecule has 31 heavy (non-hydrogen) atoms. The number of anilines is 2. The van der Waals surface area contributed by atoms with E-state index in [2.05, 4.69) is 44.5 Å². The molecule has 2 fully saturated rings. The van der Waals surface area contributed by atoms with Crippen molar-refractivity contribution < 1.29 is 9.47 Å². The number of aromatic nitrogens is 2. The molecule has 1 aromatic heterocycles. The Labute approximate surface area is 183 Å². The molecule has 0 aliphatic carbocycles. The Morgan fingerprint density at radius 3 is 2.55 bits per heavy atom. The van der Waals surface area contributed by atoms with Gasteiger partial charge >= 0.3 is 6.01 Å². The maximum atomic E-state index is 7.69. The number of nitrogen functional groups attached to an aromatic ring is 1. The predicted octanol–water partition coefficient (Wildman–Crippen LogP) is 3.07. The molecular formula is C23H32N6O2. The number of nitrogens with two attached hydrogens (primary N) is 1. The normalized spacial score (nSPS) is 17.5. The molecule has 166 valence electrons. The number of ether oxygens (including phenoxy) is 2. The largest absolute Gasteiger partial charge is 0.463 e. The van der Waals surface area contributed by atoms with Crippen LogP contribution in [0.5, 0.6) is 6.01 Å². The fraction of sp³-hybridized carbons (Fsp3) is 0.522. The van der Waals surface area contributed by atoms with Gasteiger partial charge in [0, 0.05) is 32.5 Å². The second-order valence-electron chi connectivity index (χ2n) is 8.32. The van der Waals surface area contributed by atoms with Gasteiger partial charge in [0.25, 0.3) is 0 Å². The third-order valence-electron chi connectivity index (χ3n) is 5.98. The molecule has 4 rings (SSSR count). The van der Waals surface area contributed by atoms with Crippen molar-refractivity contribution in [2.45, 2.75) is 38.8 Å². The molecule has 0 unspecified atom stereocenters. The summed E-state index contributed by atoms with van der Waals surface area (Å²) >= 11 is 0. The molecule has 2 saturated heterocycles. The van der Waals surface area contributed by atoms with E-state index in [1.165, 1.54) is 37.7 Å². The highest BCUT2D eigenvalue weighted by Crippen LogP contribution is 2.22. The smallest absolute Gasteiger partial charge is 0.320 e. The lowest BCUT2D eigenvalue weighted by Crippen LogP contribution is -2.22. The van der Waals surface area contributed by atoms with Crippen LogP contribution in [0.3, 0.4) is 0 Å². The van der Waals surface area contributed by atoms with Gasteiger partial charge in [-0.1, -0.05) is 24.3 Å². The van der Waals surface area contributed by atoms with Crippen LogP contribution in [0, 0.1) is 11.3 Å². The van der Waals surface area contributed by atoms with Crippen molar-refractivity contribution in [2.24, 2.45) is 5.92 Å². The summed E-state index contributed by atoms with van der Waals surface area (Å²) < 4.78 is 11.2. The van der Waals surface area contributed by atoms with E-state index < -0.39 is 0 Å². The lowest BCUT2D eigenvalue weighted by molar-refractivity contribution is 0.0483. The van der Waals surface area contributed by atoms with Crippen LogP contribution in [0.15, 0.2) is 24.3 Å². The van der Waals surface area contributed by atoms with E-state index in [-0.39, 0.29) is 11.8 Å². The molecule has 8 heteroatoms. The number of nitrogens with zero attached hydrogens (tertiary/aromatic N) is 3. The molecule has 0 bridgehead atoms. The number of nitrogens with one attached hydrogen (secondary N) is 2. The monoisotopic (exact) mass is 424 g/mol. The minimum Gasteiger partial charge on any atom is -0.463 e. The van der Waals surface area contributed by atoms with Gasteiger partial charge in [0.15, 0.2) is 0 Å². The van der Waals surface area contributed by atoms with Crippen molar-refractivity contribution >= 4 is 17.9 Å². The van der Waals surface area contributed by atoms with Gasteiger partial charge in [-0.3, -0.25) is 4.90 Å². The Balaban J connectivity index is 1.37. The van der Waals surface area contributed by atoms with E-state index in [0.29, 0.717) is 30.5 Å². The van der Waals surface area contributed by atoms with Crippen LogP contribution in [0.1, 0.15) is 42.4 Å². The molecule has 0 amide bonds. The topological polar surface area (TPSA) is 109 Å². The summed E-state index contributed by atoms with van der Waals surface area (Å²) in [6.07, 6.45) is 5.75. The predicted molar refractivity (Wildman–Crippen MR) is 122 cm³/mol. The van der Waals surface area contributed by atoms with E-state index in [9.17, 15) is 0 Å². The minimum absolute atomic E-state index is 0.246. The van der Waals surface area contributed by atoms with Crippen molar-refractivity contribution in [3.05, 3.63) is 41.0 Å². The Bertz CT molecular complexity index is 861. The highest BCUT2D eigenvalue weighted by Gasteiger charge is 2.17. The van der Waals surface area contributed by atoms with Crippen molar-refractivity contribution in [1.82, 2.24) is 14.9 Å². The lowest BCUT2D eigenvalue weighted by Gasteiger charge is -2.21. The summed E-state index contributed by atoms with van der Waals surface area (Å²) in [5.41, 5.74) is 9.01. The zero-order valence-electron chi connectivity index (χ0n) is 18.0. The van der Waals surface area contributed by atoms with Gasteiger partial charge in [0.05, 0.1) is 12.2 Å². The highest BCUT2D eigenvalue weighted by molar-refractivity contribution is 5.90. The van der Waals surface area contributed by atoms with Crippen LogP contribution in [0.25, 0.3) is 0 Å². The Kier molecular flexibility index (Phi) is 7.32. The van der Waals surface area contributed by atoms with E-state index in [1.807, 2.05) is 0 Å². The van der Waals surface area contributed by atoms with Crippen molar-refractivity contribution in [1.29, 1.82) is 5.41 Å². The van der Waals surface area contributed by atoms with E-state index in [0.717, 1.165) is 38.2 Å². The Morgan fingerprint density at radius 2 is 1.84 bits per heavy atom. The van der Waals surface area contributed by atoms with Gasteiger partial charge < -0.3 is 25.9 Å².